The third-order valence-corrected chi connectivity index (χ3v) is 9.41. The molecular weight excluding hydrogens is 648 g/mol. The SMILES string of the molecule is CNC(=O)COc1cc2cc(Nc3nc(NCC4CCC(Nc5cccc([C@@H]6CCC(=O)NC6=O)c5)CC4)ncc3Cl)ccc2n(C)c1=O. The molecule has 3 heterocycles. The van der Waals surface area contributed by atoms with Crippen LogP contribution in [0.4, 0.5) is 23.1 Å². The molecule has 2 fully saturated rings. The van der Waals surface area contributed by atoms with E-state index in [0.29, 0.717) is 52.8 Å². The van der Waals surface area contributed by atoms with Gasteiger partial charge in [-0.2, -0.15) is 4.98 Å². The predicted octanol–water partition coefficient (Wildman–Crippen LogP) is 4.45. The van der Waals surface area contributed by atoms with Gasteiger partial charge < -0.3 is 30.6 Å². The molecule has 0 spiro atoms. The minimum absolute atomic E-state index is 0.0751. The van der Waals surface area contributed by atoms with Crippen molar-refractivity contribution in [3.05, 3.63) is 75.7 Å². The number of fused-ring (bicyclic) bond motifs is 1. The molecule has 1 saturated carbocycles. The van der Waals surface area contributed by atoms with Crippen molar-refractivity contribution in [2.75, 3.05) is 36.1 Å². The molecule has 4 aromatic rings. The molecule has 2 aliphatic rings. The number of carbonyl (C=O) groups excluding carboxylic acids is 3. The molecule has 49 heavy (non-hydrogen) atoms. The Morgan fingerprint density at radius 2 is 1.86 bits per heavy atom. The molecular formula is C35H39ClN8O5. The molecule has 5 N–H and O–H groups in total. The number of amides is 3. The lowest BCUT2D eigenvalue weighted by molar-refractivity contribution is -0.134. The number of aryl methyl sites for hydroxylation is 1. The Kier molecular flexibility index (Phi) is 10.3. The zero-order chi connectivity index (χ0) is 34.5. The second kappa shape index (κ2) is 14.9. The molecule has 0 radical (unpaired) electrons. The first kappa shape index (κ1) is 33.7. The molecule has 1 aliphatic carbocycles. The molecule has 1 aliphatic heterocycles. The average Bonchev–Trinajstić information content (AvgIpc) is 3.10. The minimum atomic E-state index is -0.340. The number of anilines is 4. The van der Waals surface area contributed by atoms with E-state index in [4.69, 9.17) is 16.3 Å². The van der Waals surface area contributed by atoms with Crippen LogP contribution in [0.15, 0.2) is 59.5 Å². The number of hydrogen-bond acceptors (Lipinski definition) is 10. The summed E-state index contributed by atoms with van der Waals surface area (Å²) in [6.07, 6.45) is 6.53. The summed E-state index contributed by atoms with van der Waals surface area (Å²) >= 11 is 6.46. The van der Waals surface area contributed by atoms with Gasteiger partial charge >= 0.3 is 0 Å². The van der Waals surface area contributed by atoms with E-state index in [1.807, 2.05) is 42.5 Å². The maximum atomic E-state index is 12.7. The van der Waals surface area contributed by atoms with E-state index in [9.17, 15) is 19.2 Å². The minimum Gasteiger partial charge on any atom is -0.478 e. The number of likely N-dealkylation sites (N-methyl/N-ethyl adjacent to an activating group) is 1. The first-order valence-corrected chi connectivity index (χ1v) is 16.8. The molecule has 14 heteroatoms. The molecule has 0 bridgehead atoms. The Bertz CT molecular complexity index is 1940. The number of rotatable bonds is 11. The smallest absolute Gasteiger partial charge is 0.293 e. The predicted molar refractivity (Wildman–Crippen MR) is 189 cm³/mol. The Balaban J connectivity index is 1.03. The van der Waals surface area contributed by atoms with Crippen LogP contribution < -0.4 is 36.9 Å². The van der Waals surface area contributed by atoms with Gasteiger partial charge in [0, 0.05) is 49.9 Å². The van der Waals surface area contributed by atoms with Crippen molar-refractivity contribution in [1.29, 1.82) is 0 Å². The van der Waals surface area contributed by atoms with Crippen molar-refractivity contribution in [3.63, 3.8) is 0 Å². The van der Waals surface area contributed by atoms with Crippen LogP contribution in [0.2, 0.25) is 5.02 Å². The summed E-state index contributed by atoms with van der Waals surface area (Å²) in [5.41, 5.74) is 2.97. The Hall–Kier alpha value is -5.17. The zero-order valence-electron chi connectivity index (χ0n) is 27.3. The highest BCUT2D eigenvalue weighted by Gasteiger charge is 2.28. The van der Waals surface area contributed by atoms with Crippen molar-refractivity contribution in [2.24, 2.45) is 13.0 Å². The highest BCUT2D eigenvalue weighted by atomic mass is 35.5. The van der Waals surface area contributed by atoms with Crippen LogP contribution in [0.5, 0.6) is 5.75 Å². The molecule has 1 atom stereocenters. The number of ether oxygens (including phenoxy) is 1. The number of carbonyl (C=O) groups is 3. The van der Waals surface area contributed by atoms with Gasteiger partial charge in [-0.3, -0.25) is 24.5 Å². The maximum absolute atomic E-state index is 12.7. The molecule has 6 rings (SSSR count). The van der Waals surface area contributed by atoms with E-state index in [-0.39, 0.29) is 41.6 Å². The highest BCUT2D eigenvalue weighted by molar-refractivity contribution is 6.32. The lowest BCUT2D eigenvalue weighted by atomic mass is 9.85. The summed E-state index contributed by atoms with van der Waals surface area (Å²) in [4.78, 5) is 57.2. The van der Waals surface area contributed by atoms with E-state index >= 15 is 0 Å². The molecule has 1 saturated heterocycles. The lowest BCUT2D eigenvalue weighted by Crippen LogP contribution is -2.39. The first-order chi connectivity index (χ1) is 23.7. The number of hydrogen-bond donors (Lipinski definition) is 5. The Morgan fingerprint density at radius 1 is 1.04 bits per heavy atom. The number of benzene rings is 2. The van der Waals surface area contributed by atoms with Gasteiger partial charge in [0.2, 0.25) is 17.8 Å². The summed E-state index contributed by atoms with van der Waals surface area (Å²) in [6.45, 7) is 0.462. The quantitative estimate of drug-likeness (QED) is 0.142. The number of nitrogens with one attached hydrogen (secondary N) is 5. The van der Waals surface area contributed by atoms with Gasteiger partial charge in [0.1, 0.15) is 5.02 Å². The van der Waals surface area contributed by atoms with Gasteiger partial charge in [-0.05, 0) is 80.0 Å². The Morgan fingerprint density at radius 3 is 2.63 bits per heavy atom. The number of nitrogens with zero attached hydrogens (tertiary/aromatic N) is 3. The second-order valence-electron chi connectivity index (χ2n) is 12.5. The van der Waals surface area contributed by atoms with Crippen molar-refractivity contribution in [3.8, 4) is 5.75 Å². The van der Waals surface area contributed by atoms with Crippen molar-refractivity contribution in [1.82, 2.24) is 25.2 Å². The summed E-state index contributed by atoms with van der Waals surface area (Å²) < 4.78 is 6.95. The van der Waals surface area contributed by atoms with Gasteiger partial charge in [0.25, 0.3) is 11.5 Å². The van der Waals surface area contributed by atoms with Crippen LogP contribution in [-0.2, 0) is 21.4 Å². The summed E-state index contributed by atoms with van der Waals surface area (Å²) in [5.74, 6) is 0.362. The Labute approximate surface area is 288 Å². The van der Waals surface area contributed by atoms with Crippen LogP contribution >= 0.6 is 11.6 Å². The van der Waals surface area contributed by atoms with Crippen LogP contribution in [0.3, 0.4) is 0 Å². The molecule has 2 aromatic heterocycles. The zero-order valence-corrected chi connectivity index (χ0v) is 28.1. The maximum Gasteiger partial charge on any atom is 0.293 e. The number of halogens is 1. The van der Waals surface area contributed by atoms with Crippen LogP contribution in [0, 0.1) is 5.92 Å². The fraction of sp³-hybridized carbons (Fsp3) is 0.371. The van der Waals surface area contributed by atoms with E-state index in [2.05, 4.69) is 36.6 Å². The van der Waals surface area contributed by atoms with Crippen molar-refractivity contribution >= 4 is 63.4 Å². The summed E-state index contributed by atoms with van der Waals surface area (Å²) in [6, 6.07) is 15.4. The van der Waals surface area contributed by atoms with Crippen LogP contribution in [0.25, 0.3) is 10.9 Å². The fourth-order valence-electron chi connectivity index (χ4n) is 6.37. The van der Waals surface area contributed by atoms with Gasteiger partial charge in [-0.15, -0.1) is 0 Å². The van der Waals surface area contributed by atoms with Gasteiger partial charge in [-0.25, -0.2) is 4.98 Å². The third-order valence-electron chi connectivity index (χ3n) is 9.13. The largest absolute Gasteiger partial charge is 0.478 e. The van der Waals surface area contributed by atoms with Gasteiger partial charge in [0.15, 0.2) is 18.2 Å². The molecule has 0 unspecified atom stereocenters. The number of pyridine rings is 1. The second-order valence-corrected chi connectivity index (χ2v) is 12.9. The first-order valence-electron chi connectivity index (χ1n) is 16.4. The van der Waals surface area contributed by atoms with E-state index in [1.54, 1.807) is 19.3 Å². The topological polar surface area (TPSA) is 168 Å². The molecule has 2 aromatic carbocycles. The summed E-state index contributed by atoms with van der Waals surface area (Å²) in [7, 11) is 3.15. The standard InChI is InChI=1S/C35H39ClN8O5/c1-37-31(46)19-49-29-16-22-15-25(10-12-28(22)44(2)34(29)48)41-32-27(36)18-39-35(43-32)38-17-20-6-8-23(9-7-20)40-24-5-3-4-21(14-24)26-11-13-30(45)42-33(26)47/h3-5,10,12,14-16,18,20,23,26,40H,6-9,11,13,17,19H2,1-2H3,(H,37,46)(H,42,45,47)(H2,38,39,41,43)/t20?,23?,26-/m0/s1. The molecule has 256 valence electrons. The number of imide groups is 1. The van der Waals surface area contributed by atoms with Gasteiger partial charge in [0.05, 0.1) is 17.6 Å². The molecule has 13 nitrogen and oxygen atoms in total. The monoisotopic (exact) mass is 686 g/mol. The van der Waals surface area contributed by atoms with Crippen molar-refractivity contribution in [2.45, 2.75) is 50.5 Å². The van der Waals surface area contributed by atoms with Crippen molar-refractivity contribution < 1.29 is 19.1 Å². The average molecular weight is 687 g/mol. The lowest BCUT2D eigenvalue weighted by Gasteiger charge is -2.30. The van der Waals surface area contributed by atoms with E-state index in [1.165, 1.54) is 11.6 Å². The van der Waals surface area contributed by atoms with E-state index in [0.717, 1.165) is 48.9 Å². The molecule has 3 amide bonds. The highest BCUT2D eigenvalue weighted by Crippen LogP contribution is 2.31. The number of piperidine rings is 1. The third kappa shape index (κ3) is 8.11. The summed E-state index contributed by atoms with van der Waals surface area (Å²) in [5, 5.41) is 16.3. The van der Waals surface area contributed by atoms with E-state index < -0.39 is 0 Å². The van der Waals surface area contributed by atoms with Crippen LogP contribution in [0.1, 0.15) is 50.0 Å². The number of aromatic nitrogens is 3. The fourth-order valence-corrected chi connectivity index (χ4v) is 6.50. The van der Waals surface area contributed by atoms with Gasteiger partial charge in [-0.1, -0.05) is 23.7 Å². The normalized spacial score (nSPS) is 19.2. The van der Waals surface area contributed by atoms with Crippen LogP contribution in [-0.4, -0.2) is 58.5 Å².